The second kappa shape index (κ2) is 3.29. The largest absolute Gasteiger partial charge is 0.493 e. The minimum Gasteiger partial charge on any atom is -0.493 e. The van der Waals surface area contributed by atoms with Crippen molar-refractivity contribution in [1.82, 2.24) is 0 Å². The minimum absolute atomic E-state index is 0.845. The van der Waals surface area contributed by atoms with Crippen LogP contribution in [0.2, 0.25) is 0 Å². The molecule has 0 radical (unpaired) electrons. The number of anilines is 1. The fraction of sp³-hybridized carbons (Fsp3) is 0.455. The molecule has 0 spiro atoms. The Morgan fingerprint density at radius 1 is 1.31 bits per heavy atom. The van der Waals surface area contributed by atoms with Crippen LogP contribution in [0, 0.1) is 6.92 Å². The molecule has 2 rings (SSSR count). The number of hydrogen-bond acceptors (Lipinski definition) is 2. The van der Waals surface area contributed by atoms with Crippen molar-refractivity contribution in [2.75, 3.05) is 12.3 Å². The summed E-state index contributed by atoms with van der Waals surface area (Å²) in [6.07, 6.45) is 3.45. The standard InChI is InChI=1S/C11H15NO/c1-8-6-10(12)7-9-4-2-3-5-13-11(8)9/h6-7H,2-5,12H2,1H3. The van der Waals surface area contributed by atoms with Crippen molar-refractivity contribution in [2.24, 2.45) is 0 Å². The summed E-state index contributed by atoms with van der Waals surface area (Å²) in [6, 6.07) is 4.01. The fourth-order valence-electron chi connectivity index (χ4n) is 1.86. The van der Waals surface area contributed by atoms with E-state index >= 15 is 0 Å². The van der Waals surface area contributed by atoms with Crippen LogP contribution >= 0.6 is 0 Å². The summed E-state index contributed by atoms with van der Waals surface area (Å²) in [7, 11) is 0. The van der Waals surface area contributed by atoms with E-state index in [-0.39, 0.29) is 0 Å². The molecule has 1 heterocycles. The predicted molar refractivity (Wildman–Crippen MR) is 54.0 cm³/mol. The van der Waals surface area contributed by atoms with Crippen molar-refractivity contribution in [1.29, 1.82) is 0 Å². The average molecular weight is 177 g/mol. The lowest BCUT2D eigenvalue weighted by Gasteiger charge is -2.10. The van der Waals surface area contributed by atoms with E-state index in [9.17, 15) is 0 Å². The Labute approximate surface area is 78.7 Å². The van der Waals surface area contributed by atoms with Crippen molar-refractivity contribution in [2.45, 2.75) is 26.2 Å². The molecule has 0 fully saturated rings. The number of aryl methyl sites for hydroxylation is 2. The predicted octanol–water partition coefficient (Wildman–Crippen LogP) is 2.29. The third-order valence-electron chi connectivity index (χ3n) is 2.46. The summed E-state index contributed by atoms with van der Waals surface area (Å²) in [4.78, 5) is 0. The van der Waals surface area contributed by atoms with Crippen LogP contribution in [0.4, 0.5) is 5.69 Å². The van der Waals surface area contributed by atoms with Gasteiger partial charge in [-0.2, -0.15) is 0 Å². The molecule has 0 atom stereocenters. The zero-order chi connectivity index (χ0) is 9.26. The third-order valence-corrected chi connectivity index (χ3v) is 2.46. The van der Waals surface area contributed by atoms with Gasteiger partial charge in [-0.1, -0.05) is 0 Å². The number of nitrogen functional groups attached to an aromatic ring is 1. The Bertz CT molecular complexity index is 320. The van der Waals surface area contributed by atoms with Gasteiger partial charge in [0, 0.05) is 5.69 Å². The first kappa shape index (κ1) is 8.42. The maximum absolute atomic E-state index is 5.78. The lowest BCUT2D eigenvalue weighted by atomic mass is 10.0. The van der Waals surface area contributed by atoms with E-state index in [4.69, 9.17) is 10.5 Å². The molecule has 1 aromatic rings. The molecule has 0 aliphatic carbocycles. The first-order chi connectivity index (χ1) is 6.27. The molecule has 70 valence electrons. The highest BCUT2D eigenvalue weighted by atomic mass is 16.5. The van der Waals surface area contributed by atoms with Crippen LogP contribution in [0.3, 0.4) is 0 Å². The maximum Gasteiger partial charge on any atom is 0.125 e. The molecule has 1 aromatic carbocycles. The van der Waals surface area contributed by atoms with Gasteiger partial charge in [-0.05, 0) is 49.4 Å². The van der Waals surface area contributed by atoms with Crippen LogP contribution in [-0.2, 0) is 6.42 Å². The molecule has 0 saturated heterocycles. The van der Waals surface area contributed by atoms with Crippen molar-refractivity contribution in [3.8, 4) is 5.75 Å². The molecule has 2 N–H and O–H groups in total. The van der Waals surface area contributed by atoms with E-state index in [1.807, 2.05) is 12.1 Å². The van der Waals surface area contributed by atoms with Gasteiger partial charge in [-0.15, -0.1) is 0 Å². The quantitative estimate of drug-likeness (QED) is 0.617. The molecule has 1 aliphatic rings. The zero-order valence-corrected chi connectivity index (χ0v) is 7.97. The van der Waals surface area contributed by atoms with Gasteiger partial charge in [-0.25, -0.2) is 0 Å². The Morgan fingerprint density at radius 3 is 3.00 bits per heavy atom. The summed E-state index contributed by atoms with van der Waals surface area (Å²) >= 11 is 0. The van der Waals surface area contributed by atoms with Crippen LogP contribution in [-0.4, -0.2) is 6.61 Å². The molecular formula is C11H15NO. The van der Waals surface area contributed by atoms with E-state index in [1.54, 1.807) is 0 Å². The summed E-state index contributed by atoms with van der Waals surface area (Å²) in [5.74, 6) is 1.06. The third kappa shape index (κ3) is 1.62. The number of rotatable bonds is 0. The minimum atomic E-state index is 0.845. The van der Waals surface area contributed by atoms with Gasteiger partial charge in [0.05, 0.1) is 6.61 Å². The number of hydrogen-bond donors (Lipinski definition) is 1. The van der Waals surface area contributed by atoms with Crippen LogP contribution in [0.5, 0.6) is 5.75 Å². The van der Waals surface area contributed by atoms with Gasteiger partial charge in [-0.3, -0.25) is 0 Å². The molecular weight excluding hydrogens is 162 g/mol. The van der Waals surface area contributed by atoms with Gasteiger partial charge in [0.2, 0.25) is 0 Å². The molecule has 2 nitrogen and oxygen atoms in total. The Hall–Kier alpha value is -1.18. The van der Waals surface area contributed by atoms with E-state index in [0.29, 0.717) is 0 Å². The van der Waals surface area contributed by atoms with Crippen LogP contribution in [0.25, 0.3) is 0 Å². The van der Waals surface area contributed by atoms with E-state index < -0.39 is 0 Å². The first-order valence-corrected chi connectivity index (χ1v) is 4.79. The molecule has 0 amide bonds. The molecule has 13 heavy (non-hydrogen) atoms. The maximum atomic E-state index is 5.78. The van der Waals surface area contributed by atoms with E-state index in [1.165, 1.54) is 12.0 Å². The Balaban J connectivity index is 2.47. The fourth-order valence-corrected chi connectivity index (χ4v) is 1.86. The lowest BCUT2D eigenvalue weighted by molar-refractivity contribution is 0.315. The second-order valence-electron chi connectivity index (χ2n) is 3.63. The zero-order valence-electron chi connectivity index (χ0n) is 7.97. The van der Waals surface area contributed by atoms with Gasteiger partial charge in [0.15, 0.2) is 0 Å². The number of benzene rings is 1. The smallest absolute Gasteiger partial charge is 0.125 e. The first-order valence-electron chi connectivity index (χ1n) is 4.79. The Morgan fingerprint density at radius 2 is 2.15 bits per heavy atom. The highest BCUT2D eigenvalue weighted by molar-refractivity contribution is 5.53. The van der Waals surface area contributed by atoms with Crippen molar-refractivity contribution < 1.29 is 4.74 Å². The summed E-state index contributed by atoms with van der Waals surface area (Å²) < 4.78 is 5.68. The average Bonchev–Trinajstić information content (AvgIpc) is 2.28. The number of nitrogens with two attached hydrogens (primary N) is 1. The van der Waals surface area contributed by atoms with E-state index in [0.717, 1.165) is 36.4 Å². The lowest BCUT2D eigenvalue weighted by Crippen LogP contribution is -1.98. The molecule has 0 unspecified atom stereocenters. The molecule has 0 bridgehead atoms. The van der Waals surface area contributed by atoms with Crippen LogP contribution in [0.15, 0.2) is 12.1 Å². The highest BCUT2D eigenvalue weighted by Crippen LogP contribution is 2.30. The molecule has 1 aliphatic heterocycles. The van der Waals surface area contributed by atoms with Crippen LogP contribution in [0.1, 0.15) is 24.0 Å². The Kier molecular flexibility index (Phi) is 2.13. The van der Waals surface area contributed by atoms with Crippen LogP contribution < -0.4 is 10.5 Å². The number of ether oxygens (including phenoxy) is 1. The molecule has 2 heteroatoms. The van der Waals surface area contributed by atoms with Gasteiger partial charge >= 0.3 is 0 Å². The highest BCUT2D eigenvalue weighted by Gasteiger charge is 2.11. The summed E-state index contributed by atoms with van der Waals surface area (Å²) in [5, 5.41) is 0. The van der Waals surface area contributed by atoms with Crippen molar-refractivity contribution in [3.05, 3.63) is 23.3 Å². The van der Waals surface area contributed by atoms with Crippen molar-refractivity contribution in [3.63, 3.8) is 0 Å². The summed E-state index contributed by atoms with van der Waals surface area (Å²) in [6.45, 7) is 2.90. The number of fused-ring (bicyclic) bond motifs is 1. The molecule has 0 saturated carbocycles. The van der Waals surface area contributed by atoms with Gasteiger partial charge < -0.3 is 10.5 Å². The van der Waals surface area contributed by atoms with E-state index in [2.05, 4.69) is 6.92 Å². The summed E-state index contributed by atoms with van der Waals surface area (Å²) in [5.41, 5.74) is 9.06. The second-order valence-corrected chi connectivity index (χ2v) is 3.63. The monoisotopic (exact) mass is 177 g/mol. The van der Waals surface area contributed by atoms with Gasteiger partial charge in [0.1, 0.15) is 5.75 Å². The molecule has 0 aromatic heterocycles. The normalized spacial score (nSPS) is 15.8. The SMILES string of the molecule is Cc1cc(N)cc2c1OCCCC2. The topological polar surface area (TPSA) is 35.2 Å². The van der Waals surface area contributed by atoms with Crippen molar-refractivity contribution >= 4 is 5.69 Å². The van der Waals surface area contributed by atoms with Gasteiger partial charge in [0.25, 0.3) is 0 Å².